The van der Waals surface area contributed by atoms with E-state index in [-0.39, 0.29) is 5.91 Å². The number of rotatable bonds is 4. The summed E-state index contributed by atoms with van der Waals surface area (Å²) in [5, 5.41) is 1.14. The zero-order valence-corrected chi connectivity index (χ0v) is 16.9. The summed E-state index contributed by atoms with van der Waals surface area (Å²) in [6, 6.07) is 14.3. The van der Waals surface area contributed by atoms with Crippen molar-refractivity contribution < 1.29 is 9.53 Å². The fourth-order valence-corrected chi connectivity index (χ4v) is 4.97. The van der Waals surface area contributed by atoms with Crippen LogP contribution in [0.4, 0.5) is 5.69 Å². The highest BCUT2D eigenvalue weighted by atomic mass is 16.5. The van der Waals surface area contributed by atoms with Crippen molar-refractivity contribution in [3.63, 3.8) is 0 Å². The number of carbonyl (C=O) groups excluding carboxylic acids is 1. The summed E-state index contributed by atoms with van der Waals surface area (Å²) >= 11 is 0. The first kappa shape index (κ1) is 17.8. The number of anilines is 1. The number of carbonyl (C=O) groups is 1. The lowest BCUT2D eigenvalue weighted by molar-refractivity contribution is -0.0985. The SMILES string of the molecule is O=C1c2c(N3CCC4(COC4)C3)ccnc2CN1CCc1ccc2ccccc2n1. The number of benzene rings is 1. The van der Waals surface area contributed by atoms with Crippen LogP contribution in [0, 0.1) is 5.41 Å². The van der Waals surface area contributed by atoms with E-state index in [9.17, 15) is 4.79 Å². The summed E-state index contributed by atoms with van der Waals surface area (Å²) in [5.41, 5.74) is 5.03. The molecule has 5 heterocycles. The van der Waals surface area contributed by atoms with Gasteiger partial charge in [0.25, 0.3) is 5.91 Å². The molecule has 0 unspecified atom stereocenters. The van der Waals surface area contributed by atoms with Crippen LogP contribution < -0.4 is 4.90 Å². The summed E-state index contributed by atoms with van der Waals surface area (Å²) in [4.78, 5) is 26.8. The molecule has 1 spiro atoms. The fourth-order valence-electron chi connectivity index (χ4n) is 4.97. The molecule has 3 aliphatic heterocycles. The van der Waals surface area contributed by atoms with Crippen LogP contribution in [0.15, 0.2) is 48.7 Å². The number of pyridine rings is 2. The first-order chi connectivity index (χ1) is 14.7. The quantitative estimate of drug-likeness (QED) is 0.674. The summed E-state index contributed by atoms with van der Waals surface area (Å²) in [5.74, 6) is 0.0969. The van der Waals surface area contributed by atoms with Gasteiger partial charge in [0.05, 0.1) is 42.2 Å². The van der Waals surface area contributed by atoms with Gasteiger partial charge in [0.2, 0.25) is 0 Å². The van der Waals surface area contributed by atoms with Crippen molar-refractivity contribution in [2.24, 2.45) is 5.41 Å². The molecule has 6 heteroatoms. The molecule has 0 bridgehead atoms. The van der Waals surface area contributed by atoms with Crippen molar-refractivity contribution in [3.05, 3.63) is 65.6 Å². The van der Waals surface area contributed by atoms with Gasteiger partial charge in [0.15, 0.2) is 0 Å². The van der Waals surface area contributed by atoms with E-state index in [4.69, 9.17) is 9.72 Å². The molecule has 0 N–H and O–H groups in total. The molecule has 6 rings (SSSR count). The molecule has 2 fully saturated rings. The van der Waals surface area contributed by atoms with Crippen LogP contribution in [0.5, 0.6) is 0 Å². The number of aromatic nitrogens is 2. The molecule has 3 aliphatic rings. The van der Waals surface area contributed by atoms with Crippen molar-refractivity contribution in [1.82, 2.24) is 14.9 Å². The van der Waals surface area contributed by atoms with Gasteiger partial charge in [0.1, 0.15) is 0 Å². The molecule has 2 aromatic heterocycles. The highest BCUT2D eigenvalue weighted by molar-refractivity contribution is 6.03. The average Bonchev–Trinajstić information content (AvgIpc) is 3.34. The van der Waals surface area contributed by atoms with Gasteiger partial charge in [-0.15, -0.1) is 0 Å². The maximum atomic E-state index is 13.3. The third-order valence-corrected chi connectivity index (χ3v) is 6.74. The van der Waals surface area contributed by atoms with Crippen LogP contribution in [-0.4, -0.2) is 53.6 Å². The van der Waals surface area contributed by atoms with Crippen LogP contribution in [0.3, 0.4) is 0 Å². The minimum Gasteiger partial charge on any atom is -0.380 e. The molecular weight excluding hydrogens is 376 g/mol. The van der Waals surface area contributed by atoms with Gasteiger partial charge in [-0.05, 0) is 24.6 Å². The minimum absolute atomic E-state index is 0.0969. The number of hydrogen-bond acceptors (Lipinski definition) is 5. The van der Waals surface area contributed by atoms with E-state index < -0.39 is 0 Å². The Morgan fingerprint density at radius 1 is 1.10 bits per heavy atom. The maximum Gasteiger partial charge on any atom is 0.258 e. The fraction of sp³-hybridized carbons (Fsp3) is 0.375. The molecule has 2 saturated heterocycles. The van der Waals surface area contributed by atoms with Crippen molar-refractivity contribution in [1.29, 1.82) is 0 Å². The Labute approximate surface area is 175 Å². The Bertz CT molecular complexity index is 1140. The molecule has 1 aromatic carbocycles. The van der Waals surface area contributed by atoms with Crippen LogP contribution in [0.25, 0.3) is 10.9 Å². The largest absolute Gasteiger partial charge is 0.380 e. The van der Waals surface area contributed by atoms with Crippen molar-refractivity contribution in [3.8, 4) is 0 Å². The van der Waals surface area contributed by atoms with Crippen molar-refractivity contribution in [2.45, 2.75) is 19.4 Å². The predicted molar refractivity (Wildman–Crippen MR) is 115 cm³/mol. The summed E-state index contributed by atoms with van der Waals surface area (Å²) in [7, 11) is 0. The Morgan fingerprint density at radius 3 is 2.83 bits per heavy atom. The Balaban J connectivity index is 1.19. The molecule has 6 nitrogen and oxygen atoms in total. The van der Waals surface area contributed by atoms with E-state index in [2.05, 4.69) is 28.1 Å². The molecule has 3 aromatic rings. The molecule has 0 atom stereocenters. The Morgan fingerprint density at radius 2 is 2.00 bits per heavy atom. The Kier molecular flexibility index (Phi) is 4.03. The summed E-state index contributed by atoms with van der Waals surface area (Å²) < 4.78 is 5.46. The maximum absolute atomic E-state index is 13.3. The van der Waals surface area contributed by atoms with E-state index in [1.165, 1.54) is 0 Å². The average molecular weight is 400 g/mol. The molecule has 1 amide bonds. The number of ether oxygens (including phenoxy) is 1. The lowest BCUT2D eigenvalue weighted by atomic mass is 9.85. The third kappa shape index (κ3) is 2.86. The van der Waals surface area contributed by atoms with Gasteiger partial charge in [0, 0.05) is 48.7 Å². The van der Waals surface area contributed by atoms with E-state index >= 15 is 0 Å². The van der Waals surface area contributed by atoms with Gasteiger partial charge < -0.3 is 14.5 Å². The molecule has 0 aliphatic carbocycles. The van der Waals surface area contributed by atoms with Crippen LogP contribution in [0.2, 0.25) is 0 Å². The number of nitrogens with zero attached hydrogens (tertiary/aromatic N) is 4. The van der Waals surface area contributed by atoms with Gasteiger partial charge in [-0.25, -0.2) is 0 Å². The summed E-state index contributed by atoms with van der Waals surface area (Å²) in [6.07, 6.45) is 3.72. The van der Waals surface area contributed by atoms with Crippen LogP contribution in [-0.2, 0) is 17.7 Å². The first-order valence-corrected chi connectivity index (χ1v) is 10.7. The van der Waals surface area contributed by atoms with E-state index in [1.807, 2.05) is 35.4 Å². The third-order valence-electron chi connectivity index (χ3n) is 6.74. The highest BCUT2D eigenvalue weighted by Gasteiger charge is 2.45. The molecular formula is C24H24N4O2. The molecule has 30 heavy (non-hydrogen) atoms. The highest BCUT2D eigenvalue weighted by Crippen LogP contribution is 2.41. The monoisotopic (exact) mass is 400 g/mol. The van der Waals surface area contributed by atoms with E-state index in [0.29, 0.717) is 18.5 Å². The van der Waals surface area contributed by atoms with E-state index in [0.717, 1.165) is 72.7 Å². The standard InChI is InChI=1S/C24H24N4O2/c29-23-22-20(25-10-7-21(22)28-12-9-24(14-28)15-30-16-24)13-27(23)11-8-18-6-5-17-3-1-2-4-19(17)26-18/h1-7,10H,8-9,11-16H2. The van der Waals surface area contributed by atoms with Gasteiger partial charge >= 0.3 is 0 Å². The van der Waals surface area contributed by atoms with Gasteiger partial charge in [-0.1, -0.05) is 24.3 Å². The summed E-state index contributed by atoms with van der Waals surface area (Å²) in [6.45, 7) is 4.87. The Hall–Kier alpha value is -2.99. The lowest BCUT2D eigenvalue weighted by Crippen LogP contribution is -2.44. The zero-order valence-electron chi connectivity index (χ0n) is 16.9. The van der Waals surface area contributed by atoms with Crippen molar-refractivity contribution >= 4 is 22.5 Å². The smallest absolute Gasteiger partial charge is 0.258 e. The van der Waals surface area contributed by atoms with Gasteiger partial charge in [-0.2, -0.15) is 0 Å². The normalized spacial score (nSPS) is 19.5. The molecule has 0 radical (unpaired) electrons. The zero-order chi connectivity index (χ0) is 20.1. The number of hydrogen-bond donors (Lipinski definition) is 0. The number of amides is 1. The molecule has 0 saturated carbocycles. The number of fused-ring (bicyclic) bond motifs is 2. The first-order valence-electron chi connectivity index (χ1n) is 10.7. The van der Waals surface area contributed by atoms with Crippen molar-refractivity contribution in [2.75, 3.05) is 37.7 Å². The second kappa shape index (κ2) is 6.77. The predicted octanol–water partition coefficient (Wildman–Crippen LogP) is 3.06. The molecule has 152 valence electrons. The van der Waals surface area contributed by atoms with Crippen LogP contribution >= 0.6 is 0 Å². The second-order valence-electron chi connectivity index (χ2n) is 8.79. The second-order valence-corrected chi connectivity index (χ2v) is 8.79. The topological polar surface area (TPSA) is 58.6 Å². The van der Waals surface area contributed by atoms with Crippen LogP contribution in [0.1, 0.15) is 28.2 Å². The number of para-hydroxylation sites is 1. The lowest BCUT2D eigenvalue weighted by Gasteiger charge is -2.38. The van der Waals surface area contributed by atoms with Gasteiger partial charge in [-0.3, -0.25) is 14.8 Å². The van der Waals surface area contributed by atoms with E-state index in [1.54, 1.807) is 0 Å². The minimum atomic E-state index is 0.0969.